The molecular weight excluding hydrogens is 288 g/mol. The largest absolute Gasteiger partial charge is 0.481 e. The van der Waals surface area contributed by atoms with Crippen molar-refractivity contribution in [3.63, 3.8) is 0 Å². The van der Waals surface area contributed by atoms with Crippen LogP contribution in [0.25, 0.3) is 0 Å². The maximum absolute atomic E-state index is 11.8. The average Bonchev–Trinajstić information content (AvgIpc) is 2.51. The Morgan fingerprint density at radius 3 is 2.23 bits per heavy atom. The zero-order valence-corrected chi connectivity index (χ0v) is 13.7. The lowest BCUT2D eigenvalue weighted by Gasteiger charge is -2.25. The summed E-state index contributed by atoms with van der Waals surface area (Å²) in [5.41, 5.74) is 0. The van der Waals surface area contributed by atoms with Crippen molar-refractivity contribution in [3.8, 4) is 0 Å². The maximum Gasteiger partial charge on any atom is 0.308 e. The Hall–Kier alpha value is -1.14. The predicted octanol–water partition coefficient (Wildman–Crippen LogP) is 1.83. The Bertz CT molecular complexity index is 314. The summed E-state index contributed by atoms with van der Waals surface area (Å²) in [6.45, 7) is 4.49. The number of ether oxygens (including phenoxy) is 1. The maximum atomic E-state index is 11.8. The van der Waals surface area contributed by atoms with Gasteiger partial charge in [-0.1, -0.05) is 20.3 Å². The molecule has 1 aliphatic carbocycles. The minimum Gasteiger partial charge on any atom is -0.481 e. The molecule has 0 radical (unpaired) electrons. The molecular formula is C16H30O6. The average molecular weight is 318 g/mol. The van der Waals surface area contributed by atoms with Crippen LogP contribution in [0.5, 0.6) is 0 Å². The van der Waals surface area contributed by atoms with Crippen LogP contribution in [0.15, 0.2) is 0 Å². The molecule has 1 fully saturated rings. The second-order valence-corrected chi connectivity index (χ2v) is 6.05. The van der Waals surface area contributed by atoms with Crippen molar-refractivity contribution in [3.05, 3.63) is 0 Å². The minimum atomic E-state index is -0.785. The quantitative estimate of drug-likeness (QED) is 0.489. The van der Waals surface area contributed by atoms with Crippen LogP contribution >= 0.6 is 0 Å². The van der Waals surface area contributed by atoms with Crippen LogP contribution in [0.4, 0.5) is 0 Å². The van der Waals surface area contributed by atoms with Gasteiger partial charge in [-0.05, 0) is 38.0 Å². The lowest BCUT2D eigenvalue weighted by Crippen LogP contribution is -2.28. The number of aliphatic hydroxyl groups is 2. The van der Waals surface area contributed by atoms with Gasteiger partial charge in [0.05, 0.1) is 31.7 Å². The van der Waals surface area contributed by atoms with Crippen LogP contribution in [0.2, 0.25) is 0 Å². The van der Waals surface area contributed by atoms with Crippen molar-refractivity contribution in [2.24, 2.45) is 17.8 Å². The van der Waals surface area contributed by atoms with Gasteiger partial charge in [0.25, 0.3) is 0 Å². The molecule has 130 valence electrons. The van der Waals surface area contributed by atoms with Gasteiger partial charge in [0.1, 0.15) is 0 Å². The third-order valence-corrected chi connectivity index (χ3v) is 3.63. The molecule has 0 heterocycles. The van der Waals surface area contributed by atoms with E-state index < -0.39 is 5.97 Å². The van der Waals surface area contributed by atoms with E-state index in [1.54, 1.807) is 0 Å². The van der Waals surface area contributed by atoms with Crippen molar-refractivity contribution in [2.45, 2.75) is 52.4 Å². The molecule has 1 aliphatic rings. The topological polar surface area (TPSA) is 104 Å². The number of hydrogen-bond donors (Lipinski definition) is 3. The lowest BCUT2D eigenvalue weighted by molar-refractivity contribution is -0.152. The summed E-state index contributed by atoms with van der Waals surface area (Å²) in [4.78, 5) is 22.7. The Morgan fingerprint density at radius 2 is 1.73 bits per heavy atom. The summed E-state index contributed by atoms with van der Waals surface area (Å²) in [7, 11) is 0. The molecule has 6 heteroatoms. The number of esters is 1. The molecule has 1 rings (SSSR count). The molecule has 0 aliphatic heterocycles. The van der Waals surface area contributed by atoms with E-state index >= 15 is 0 Å². The van der Waals surface area contributed by atoms with Gasteiger partial charge in [0.15, 0.2) is 0 Å². The second kappa shape index (κ2) is 12.4. The summed E-state index contributed by atoms with van der Waals surface area (Å²) in [6, 6.07) is 0. The molecule has 0 saturated heterocycles. The third-order valence-electron chi connectivity index (χ3n) is 3.63. The third kappa shape index (κ3) is 9.73. The summed E-state index contributed by atoms with van der Waals surface area (Å²) in [5, 5.41) is 24.2. The number of aliphatic hydroxyl groups excluding tert-OH is 2. The Balaban J connectivity index is 0.000000980. The van der Waals surface area contributed by atoms with E-state index in [0.29, 0.717) is 25.4 Å². The van der Waals surface area contributed by atoms with Crippen molar-refractivity contribution in [1.29, 1.82) is 0 Å². The van der Waals surface area contributed by atoms with Gasteiger partial charge in [-0.3, -0.25) is 9.59 Å². The number of carboxylic acid groups (broad SMARTS) is 1. The van der Waals surface area contributed by atoms with Gasteiger partial charge in [0, 0.05) is 0 Å². The molecule has 0 aromatic carbocycles. The Morgan fingerprint density at radius 1 is 1.14 bits per heavy atom. The molecule has 2 atom stereocenters. The number of carboxylic acids is 1. The van der Waals surface area contributed by atoms with Gasteiger partial charge in [0.2, 0.25) is 0 Å². The van der Waals surface area contributed by atoms with E-state index in [4.69, 9.17) is 20.1 Å². The van der Waals surface area contributed by atoms with Crippen molar-refractivity contribution in [1.82, 2.24) is 0 Å². The summed E-state index contributed by atoms with van der Waals surface area (Å²) in [6.07, 6.45) is 4.65. The highest BCUT2D eigenvalue weighted by molar-refractivity contribution is 5.75. The number of carbonyl (C=O) groups excluding carboxylic acids is 1. The predicted molar refractivity (Wildman–Crippen MR) is 82.3 cm³/mol. The lowest BCUT2D eigenvalue weighted by atomic mass is 9.81. The van der Waals surface area contributed by atoms with Gasteiger partial charge < -0.3 is 20.1 Å². The van der Waals surface area contributed by atoms with Crippen molar-refractivity contribution >= 4 is 11.9 Å². The fraction of sp³-hybridized carbons (Fsp3) is 0.875. The molecule has 0 spiro atoms. The van der Waals surface area contributed by atoms with E-state index in [1.807, 2.05) is 0 Å². The van der Waals surface area contributed by atoms with E-state index in [-0.39, 0.29) is 31.0 Å². The van der Waals surface area contributed by atoms with Crippen LogP contribution in [-0.4, -0.2) is 47.1 Å². The van der Waals surface area contributed by atoms with Crippen molar-refractivity contribution in [2.75, 3.05) is 19.8 Å². The van der Waals surface area contributed by atoms with Gasteiger partial charge in [-0.2, -0.15) is 0 Å². The SMILES string of the molecule is CC(C)CCCOC(=O)C1CCCC(C(=O)O)C1.OCCO. The number of aliphatic carboxylic acids is 1. The van der Waals surface area contributed by atoms with Crippen LogP contribution < -0.4 is 0 Å². The molecule has 1 saturated carbocycles. The van der Waals surface area contributed by atoms with Crippen LogP contribution in [0.1, 0.15) is 52.4 Å². The minimum absolute atomic E-state index is 0.125. The first-order valence-electron chi connectivity index (χ1n) is 8.03. The summed E-state index contributed by atoms with van der Waals surface area (Å²) >= 11 is 0. The molecule has 3 N–H and O–H groups in total. The normalized spacial score (nSPS) is 21.0. The first kappa shape index (κ1) is 20.9. The summed E-state index contributed by atoms with van der Waals surface area (Å²) < 4.78 is 5.23. The zero-order valence-electron chi connectivity index (χ0n) is 13.7. The molecule has 22 heavy (non-hydrogen) atoms. The van der Waals surface area contributed by atoms with Crippen LogP contribution in [0.3, 0.4) is 0 Å². The smallest absolute Gasteiger partial charge is 0.308 e. The van der Waals surface area contributed by atoms with E-state index in [1.165, 1.54) is 0 Å². The number of carbonyl (C=O) groups is 2. The molecule has 6 nitrogen and oxygen atoms in total. The number of rotatable bonds is 7. The molecule has 0 amide bonds. The Labute approximate surface area is 132 Å². The van der Waals surface area contributed by atoms with Crippen LogP contribution in [0, 0.1) is 17.8 Å². The first-order valence-corrected chi connectivity index (χ1v) is 8.03. The van der Waals surface area contributed by atoms with Gasteiger partial charge in [-0.25, -0.2) is 0 Å². The molecule has 2 unspecified atom stereocenters. The highest BCUT2D eigenvalue weighted by Crippen LogP contribution is 2.30. The Kier molecular flexibility index (Phi) is 11.8. The summed E-state index contributed by atoms with van der Waals surface area (Å²) in [5.74, 6) is -0.947. The molecule has 0 aromatic rings. The van der Waals surface area contributed by atoms with Crippen molar-refractivity contribution < 1.29 is 29.6 Å². The molecule has 0 bridgehead atoms. The standard InChI is InChI=1S/C14H24O4.C2H6O2/c1-10(2)5-4-8-18-14(17)12-7-3-6-11(9-12)13(15)16;3-1-2-4/h10-12H,3-9H2,1-2H3,(H,15,16);3-4H,1-2H2. The number of hydrogen-bond acceptors (Lipinski definition) is 5. The van der Waals surface area contributed by atoms with Gasteiger partial charge in [-0.15, -0.1) is 0 Å². The van der Waals surface area contributed by atoms with Crippen LogP contribution in [-0.2, 0) is 14.3 Å². The fourth-order valence-corrected chi connectivity index (χ4v) is 2.41. The highest BCUT2D eigenvalue weighted by Gasteiger charge is 2.31. The monoisotopic (exact) mass is 318 g/mol. The highest BCUT2D eigenvalue weighted by atomic mass is 16.5. The first-order chi connectivity index (χ1) is 10.4. The fourth-order valence-electron chi connectivity index (χ4n) is 2.41. The van der Waals surface area contributed by atoms with E-state index in [2.05, 4.69) is 13.8 Å². The molecule has 0 aromatic heterocycles. The second-order valence-electron chi connectivity index (χ2n) is 6.05. The van der Waals surface area contributed by atoms with E-state index in [0.717, 1.165) is 25.7 Å². The van der Waals surface area contributed by atoms with Gasteiger partial charge >= 0.3 is 11.9 Å². The van der Waals surface area contributed by atoms with E-state index in [9.17, 15) is 9.59 Å². The zero-order chi connectivity index (χ0) is 17.0.